The topological polar surface area (TPSA) is 47.9 Å². The van der Waals surface area contributed by atoms with E-state index in [1.165, 1.54) is 6.07 Å². The predicted molar refractivity (Wildman–Crippen MR) is 69.6 cm³/mol. The van der Waals surface area contributed by atoms with Gasteiger partial charge in [0.1, 0.15) is 11.4 Å². The lowest BCUT2D eigenvalue weighted by Crippen LogP contribution is -2.54. The van der Waals surface area contributed by atoms with Crippen molar-refractivity contribution < 1.29 is 4.39 Å². The fourth-order valence-corrected chi connectivity index (χ4v) is 2.58. The molecular formula is C14H18FN3. The largest absolute Gasteiger partial charge is 0.365 e. The lowest BCUT2D eigenvalue weighted by molar-refractivity contribution is 0.275. The number of rotatable bonds is 3. The number of benzene rings is 1. The predicted octanol–water partition coefficient (Wildman–Crippen LogP) is 2.52. The van der Waals surface area contributed by atoms with Crippen LogP contribution >= 0.6 is 0 Å². The van der Waals surface area contributed by atoms with Crippen molar-refractivity contribution in [3.8, 4) is 6.07 Å². The van der Waals surface area contributed by atoms with Crippen LogP contribution in [0.4, 0.5) is 10.1 Å². The maximum Gasteiger partial charge on any atom is 0.146 e. The van der Waals surface area contributed by atoms with Gasteiger partial charge in [0.2, 0.25) is 0 Å². The molecule has 3 nitrogen and oxygen atoms in total. The van der Waals surface area contributed by atoms with E-state index in [9.17, 15) is 9.65 Å². The fraction of sp³-hybridized carbons (Fsp3) is 0.500. The van der Waals surface area contributed by atoms with Crippen LogP contribution < -0.4 is 10.6 Å². The molecule has 2 unspecified atom stereocenters. The molecule has 2 rings (SSSR count). The molecule has 0 bridgehead atoms. The van der Waals surface area contributed by atoms with Crippen LogP contribution in [-0.4, -0.2) is 18.6 Å². The van der Waals surface area contributed by atoms with Crippen molar-refractivity contribution >= 4 is 5.69 Å². The zero-order chi connectivity index (χ0) is 13.0. The van der Waals surface area contributed by atoms with Crippen molar-refractivity contribution in [1.82, 2.24) is 5.32 Å². The second-order valence-corrected chi connectivity index (χ2v) is 4.75. The van der Waals surface area contributed by atoms with E-state index in [2.05, 4.69) is 23.6 Å². The molecule has 1 aromatic rings. The summed E-state index contributed by atoms with van der Waals surface area (Å²) in [5.74, 6) is -0.114. The molecule has 0 aromatic heterocycles. The van der Waals surface area contributed by atoms with Crippen LogP contribution in [0.3, 0.4) is 0 Å². The highest BCUT2D eigenvalue weighted by Crippen LogP contribution is 2.31. The maximum atomic E-state index is 13.7. The van der Waals surface area contributed by atoms with Gasteiger partial charge >= 0.3 is 0 Å². The van der Waals surface area contributed by atoms with Crippen LogP contribution in [0.1, 0.15) is 19.8 Å². The van der Waals surface area contributed by atoms with Gasteiger partial charge in [0.05, 0.1) is 11.8 Å². The SMILES string of the molecule is CCC1CNCCC1(C#N)Nc1ccccc1F. The summed E-state index contributed by atoms with van der Waals surface area (Å²) in [4.78, 5) is 0. The molecule has 1 aromatic carbocycles. The zero-order valence-electron chi connectivity index (χ0n) is 10.5. The summed E-state index contributed by atoms with van der Waals surface area (Å²) in [5.41, 5.74) is -0.248. The van der Waals surface area contributed by atoms with Crippen molar-refractivity contribution in [3.05, 3.63) is 30.1 Å². The third-order valence-corrected chi connectivity index (χ3v) is 3.71. The highest BCUT2D eigenvalue weighted by atomic mass is 19.1. The molecule has 0 aliphatic carbocycles. The number of para-hydroxylation sites is 1. The molecule has 0 saturated carbocycles. The minimum atomic E-state index is -0.664. The minimum absolute atomic E-state index is 0.191. The van der Waals surface area contributed by atoms with E-state index in [0.717, 1.165) is 19.5 Å². The first-order valence-electron chi connectivity index (χ1n) is 6.36. The van der Waals surface area contributed by atoms with Gasteiger partial charge in [-0.05, 0) is 31.5 Å². The molecule has 18 heavy (non-hydrogen) atoms. The summed E-state index contributed by atoms with van der Waals surface area (Å²) in [6, 6.07) is 8.90. The van der Waals surface area contributed by atoms with Gasteiger partial charge < -0.3 is 10.6 Å². The number of anilines is 1. The van der Waals surface area contributed by atoms with Gasteiger partial charge in [-0.2, -0.15) is 5.26 Å². The standard InChI is InChI=1S/C14H18FN3/c1-2-11-9-17-8-7-14(11,10-16)18-13-6-4-3-5-12(13)15/h3-6,11,17-18H,2,7-9H2,1H3. The normalized spacial score (nSPS) is 27.5. The van der Waals surface area contributed by atoms with Crippen LogP contribution in [-0.2, 0) is 0 Å². The Labute approximate surface area is 107 Å². The van der Waals surface area contributed by atoms with Gasteiger partial charge in [0.15, 0.2) is 0 Å². The molecule has 4 heteroatoms. The summed E-state index contributed by atoms with van der Waals surface area (Å²) < 4.78 is 13.7. The maximum absolute atomic E-state index is 13.7. The highest BCUT2D eigenvalue weighted by molar-refractivity contribution is 5.49. The van der Waals surface area contributed by atoms with Crippen molar-refractivity contribution in [2.75, 3.05) is 18.4 Å². The number of halogens is 1. The zero-order valence-corrected chi connectivity index (χ0v) is 10.5. The molecule has 96 valence electrons. The molecule has 0 spiro atoms. The average molecular weight is 247 g/mol. The van der Waals surface area contributed by atoms with Crippen LogP contribution in [0.5, 0.6) is 0 Å². The number of nitrogens with zero attached hydrogens (tertiary/aromatic N) is 1. The second kappa shape index (κ2) is 5.36. The van der Waals surface area contributed by atoms with E-state index in [0.29, 0.717) is 12.1 Å². The molecule has 2 N–H and O–H groups in total. The molecule has 1 fully saturated rings. The van der Waals surface area contributed by atoms with E-state index in [4.69, 9.17) is 0 Å². The molecule has 1 heterocycles. The third kappa shape index (κ3) is 2.32. The third-order valence-electron chi connectivity index (χ3n) is 3.71. The van der Waals surface area contributed by atoms with Gasteiger partial charge in [-0.1, -0.05) is 19.1 Å². The quantitative estimate of drug-likeness (QED) is 0.862. The fourth-order valence-electron chi connectivity index (χ4n) is 2.58. The van der Waals surface area contributed by atoms with E-state index in [1.54, 1.807) is 18.2 Å². The molecular weight excluding hydrogens is 229 g/mol. The Morgan fingerprint density at radius 3 is 3.00 bits per heavy atom. The lowest BCUT2D eigenvalue weighted by atomic mass is 9.78. The first-order chi connectivity index (χ1) is 8.72. The number of nitriles is 1. The van der Waals surface area contributed by atoms with Gasteiger partial charge in [-0.25, -0.2) is 4.39 Å². The Bertz CT molecular complexity index is 455. The Morgan fingerprint density at radius 2 is 2.33 bits per heavy atom. The first-order valence-corrected chi connectivity index (χ1v) is 6.36. The molecule has 1 aliphatic rings. The van der Waals surface area contributed by atoms with Crippen molar-refractivity contribution in [3.63, 3.8) is 0 Å². The Morgan fingerprint density at radius 1 is 1.56 bits per heavy atom. The molecule has 0 radical (unpaired) electrons. The smallest absolute Gasteiger partial charge is 0.146 e. The Hall–Kier alpha value is -1.60. The van der Waals surface area contributed by atoms with E-state index >= 15 is 0 Å². The number of piperidine rings is 1. The monoisotopic (exact) mass is 247 g/mol. The molecule has 1 saturated heterocycles. The summed E-state index contributed by atoms with van der Waals surface area (Å²) in [6.07, 6.45) is 1.58. The summed E-state index contributed by atoms with van der Waals surface area (Å²) in [6.45, 7) is 3.64. The molecule has 2 atom stereocenters. The lowest BCUT2D eigenvalue weighted by Gasteiger charge is -2.40. The van der Waals surface area contributed by atoms with Crippen LogP contribution in [0, 0.1) is 23.1 Å². The minimum Gasteiger partial charge on any atom is -0.365 e. The van der Waals surface area contributed by atoms with Crippen LogP contribution in [0.25, 0.3) is 0 Å². The summed E-state index contributed by atoms with van der Waals surface area (Å²) >= 11 is 0. The number of hydrogen-bond acceptors (Lipinski definition) is 3. The van der Waals surface area contributed by atoms with Gasteiger partial charge in [-0.3, -0.25) is 0 Å². The molecule has 0 amide bonds. The highest BCUT2D eigenvalue weighted by Gasteiger charge is 2.40. The second-order valence-electron chi connectivity index (χ2n) is 4.75. The van der Waals surface area contributed by atoms with Crippen LogP contribution in [0.2, 0.25) is 0 Å². The van der Waals surface area contributed by atoms with E-state index in [-0.39, 0.29) is 11.7 Å². The van der Waals surface area contributed by atoms with Crippen molar-refractivity contribution in [2.24, 2.45) is 5.92 Å². The summed E-state index contributed by atoms with van der Waals surface area (Å²) in [7, 11) is 0. The molecule has 1 aliphatic heterocycles. The van der Waals surface area contributed by atoms with E-state index in [1.807, 2.05) is 0 Å². The van der Waals surface area contributed by atoms with Gasteiger partial charge in [0.25, 0.3) is 0 Å². The number of hydrogen-bond donors (Lipinski definition) is 2. The average Bonchev–Trinajstić information content (AvgIpc) is 2.42. The summed E-state index contributed by atoms with van der Waals surface area (Å²) in [5, 5.41) is 16.0. The first kappa shape index (κ1) is 12.8. The van der Waals surface area contributed by atoms with Crippen molar-refractivity contribution in [1.29, 1.82) is 5.26 Å². The Kier molecular flexibility index (Phi) is 3.83. The van der Waals surface area contributed by atoms with Crippen LogP contribution in [0.15, 0.2) is 24.3 Å². The van der Waals surface area contributed by atoms with E-state index < -0.39 is 5.54 Å². The van der Waals surface area contributed by atoms with Crippen molar-refractivity contribution in [2.45, 2.75) is 25.3 Å². The van der Waals surface area contributed by atoms with Gasteiger partial charge in [0, 0.05) is 12.5 Å². The Balaban J connectivity index is 2.28. The van der Waals surface area contributed by atoms with Gasteiger partial charge in [-0.15, -0.1) is 0 Å². The number of nitrogens with one attached hydrogen (secondary N) is 2.